The second-order valence-electron chi connectivity index (χ2n) is 3.54. The Morgan fingerprint density at radius 1 is 1.38 bits per heavy atom. The first-order valence-electron chi connectivity index (χ1n) is 5.30. The molecule has 1 aromatic rings. The molecular weight excluding hydrogens is 211 g/mol. The molecule has 4 heteroatoms. The molecule has 1 aromatic carbocycles. The average molecular weight is 226 g/mol. The first-order chi connectivity index (χ1) is 7.63. The molecule has 0 atom stereocenters. The van der Waals surface area contributed by atoms with Gasteiger partial charge in [-0.15, -0.1) is 0 Å². The summed E-state index contributed by atoms with van der Waals surface area (Å²) in [6.45, 7) is 2.56. The second kappa shape index (κ2) is 6.10. The molecule has 0 aliphatic rings. The van der Waals surface area contributed by atoms with E-state index in [1.54, 1.807) is 0 Å². The van der Waals surface area contributed by atoms with Gasteiger partial charge in [0.25, 0.3) is 0 Å². The van der Waals surface area contributed by atoms with Crippen LogP contribution in [0.1, 0.15) is 36.5 Å². The molecule has 1 rings (SSSR count). The van der Waals surface area contributed by atoms with Crippen LogP contribution in [0.15, 0.2) is 18.2 Å². The van der Waals surface area contributed by atoms with Gasteiger partial charge in [-0.05, 0) is 18.6 Å². The van der Waals surface area contributed by atoms with Gasteiger partial charge in [-0.2, -0.15) is 0 Å². The van der Waals surface area contributed by atoms with E-state index in [4.69, 9.17) is 9.84 Å². The highest BCUT2D eigenvalue weighted by Crippen LogP contribution is 2.17. The van der Waals surface area contributed by atoms with Gasteiger partial charge in [-0.3, -0.25) is 0 Å². The molecule has 3 nitrogen and oxygen atoms in total. The first kappa shape index (κ1) is 12.5. The van der Waals surface area contributed by atoms with Gasteiger partial charge in [0.15, 0.2) is 0 Å². The van der Waals surface area contributed by atoms with Gasteiger partial charge in [-0.25, -0.2) is 9.18 Å². The second-order valence-corrected chi connectivity index (χ2v) is 3.54. The van der Waals surface area contributed by atoms with Crippen LogP contribution in [0.5, 0.6) is 5.75 Å². The lowest BCUT2D eigenvalue weighted by molar-refractivity contribution is 0.0695. The number of benzene rings is 1. The van der Waals surface area contributed by atoms with Gasteiger partial charge in [-0.1, -0.05) is 19.8 Å². The Balaban J connectivity index is 2.62. The van der Waals surface area contributed by atoms with Crippen molar-refractivity contribution in [1.29, 1.82) is 0 Å². The zero-order valence-electron chi connectivity index (χ0n) is 9.20. The molecule has 1 N–H and O–H groups in total. The number of rotatable bonds is 6. The number of aromatic carboxylic acids is 1. The van der Waals surface area contributed by atoms with E-state index in [0.717, 1.165) is 25.3 Å². The minimum absolute atomic E-state index is 0.0921. The van der Waals surface area contributed by atoms with Crippen molar-refractivity contribution in [2.45, 2.75) is 26.2 Å². The normalized spacial score (nSPS) is 10.1. The Hall–Kier alpha value is -1.58. The van der Waals surface area contributed by atoms with E-state index in [9.17, 15) is 9.18 Å². The SMILES string of the molecule is CCCCCOc1cc(F)cc(C(=O)O)c1. The highest BCUT2D eigenvalue weighted by molar-refractivity contribution is 5.88. The summed E-state index contributed by atoms with van der Waals surface area (Å²) in [5.41, 5.74) is -0.0921. The Morgan fingerprint density at radius 2 is 2.12 bits per heavy atom. The summed E-state index contributed by atoms with van der Waals surface area (Å²) in [6, 6.07) is 3.50. The van der Waals surface area contributed by atoms with Crippen LogP contribution in [-0.2, 0) is 0 Å². The molecule has 0 bridgehead atoms. The van der Waals surface area contributed by atoms with Crippen LogP contribution in [0, 0.1) is 5.82 Å². The molecule has 16 heavy (non-hydrogen) atoms. The van der Waals surface area contributed by atoms with Crippen LogP contribution in [0.4, 0.5) is 4.39 Å². The van der Waals surface area contributed by atoms with E-state index in [1.165, 1.54) is 12.1 Å². The van der Waals surface area contributed by atoms with Crippen LogP contribution in [-0.4, -0.2) is 17.7 Å². The molecule has 0 fully saturated rings. The monoisotopic (exact) mass is 226 g/mol. The van der Waals surface area contributed by atoms with Crippen LogP contribution in [0.2, 0.25) is 0 Å². The van der Waals surface area contributed by atoms with Gasteiger partial charge in [0.2, 0.25) is 0 Å². The van der Waals surface area contributed by atoms with E-state index >= 15 is 0 Å². The van der Waals surface area contributed by atoms with Gasteiger partial charge in [0, 0.05) is 6.07 Å². The fourth-order valence-electron chi connectivity index (χ4n) is 1.31. The predicted molar refractivity (Wildman–Crippen MR) is 58.4 cm³/mol. The topological polar surface area (TPSA) is 46.5 Å². The minimum atomic E-state index is -1.15. The third-order valence-corrected chi connectivity index (χ3v) is 2.13. The lowest BCUT2D eigenvalue weighted by Crippen LogP contribution is -2.01. The summed E-state index contributed by atoms with van der Waals surface area (Å²) in [6.07, 6.45) is 3.00. The predicted octanol–water partition coefficient (Wildman–Crippen LogP) is 3.09. The standard InChI is InChI=1S/C12H15FO3/c1-2-3-4-5-16-11-7-9(12(14)15)6-10(13)8-11/h6-8H,2-5H2,1H3,(H,14,15). The zero-order chi connectivity index (χ0) is 12.0. The van der Waals surface area contributed by atoms with E-state index < -0.39 is 11.8 Å². The minimum Gasteiger partial charge on any atom is -0.493 e. The van der Waals surface area contributed by atoms with Crippen molar-refractivity contribution in [2.75, 3.05) is 6.61 Å². The maximum Gasteiger partial charge on any atom is 0.335 e. The fraction of sp³-hybridized carbons (Fsp3) is 0.417. The fourth-order valence-corrected chi connectivity index (χ4v) is 1.31. The smallest absolute Gasteiger partial charge is 0.335 e. The summed E-state index contributed by atoms with van der Waals surface area (Å²) >= 11 is 0. The summed E-state index contributed by atoms with van der Waals surface area (Å²) in [5.74, 6) is -1.48. The molecule has 0 heterocycles. The van der Waals surface area contributed by atoms with Gasteiger partial charge < -0.3 is 9.84 Å². The molecule has 0 unspecified atom stereocenters. The van der Waals surface area contributed by atoms with E-state index in [2.05, 4.69) is 6.92 Å². The summed E-state index contributed by atoms with van der Waals surface area (Å²) in [7, 11) is 0. The van der Waals surface area contributed by atoms with Crippen LogP contribution in [0.3, 0.4) is 0 Å². The number of carboxylic acids is 1. The van der Waals surface area contributed by atoms with Gasteiger partial charge in [0.05, 0.1) is 12.2 Å². The van der Waals surface area contributed by atoms with Crippen molar-refractivity contribution >= 4 is 5.97 Å². The quantitative estimate of drug-likeness (QED) is 0.758. The lowest BCUT2D eigenvalue weighted by atomic mass is 10.2. The van der Waals surface area contributed by atoms with Crippen LogP contribution in [0.25, 0.3) is 0 Å². The third kappa shape index (κ3) is 3.88. The van der Waals surface area contributed by atoms with Gasteiger partial charge in [0.1, 0.15) is 11.6 Å². The summed E-state index contributed by atoms with van der Waals surface area (Å²) in [4.78, 5) is 10.7. The Morgan fingerprint density at radius 3 is 2.75 bits per heavy atom. The maximum absolute atomic E-state index is 13.0. The molecular formula is C12H15FO3. The molecule has 0 aliphatic heterocycles. The summed E-state index contributed by atoms with van der Waals surface area (Å²) in [5, 5.41) is 8.72. The number of hydrogen-bond acceptors (Lipinski definition) is 2. The van der Waals surface area contributed by atoms with E-state index in [-0.39, 0.29) is 11.3 Å². The molecule has 0 aliphatic carbocycles. The molecule has 0 saturated heterocycles. The van der Waals surface area contributed by atoms with Crippen molar-refractivity contribution in [3.05, 3.63) is 29.6 Å². The third-order valence-electron chi connectivity index (χ3n) is 2.13. The van der Waals surface area contributed by atoms with Gasteiger partial charge >= 0.3 is 5.97 Å². The molecule has 0 radical (unpaired) electrons. The van der Waals surface area contributed by atoms with Crippen molar-refractivity contribution < 1.29 is 19.0 Å². The first-order valence-corrected chi connectivity index (χ1v) is 5.30. The van der Waals surface area contributed by atoms with Crippen molar-refractivity contribution in [1.82, 2.24) is 0 Å². The highest BCUT2D eigenvalue weighted by atomic mass is 19.1. The van der Waals surface area contributed by atoms with Crippen molar-refractivity contribution in [3.8, 4) is 5.75 Å². The zero-order valence-corrected chi connectivity index (χ0v) is 9.20. The van der Waals surface area contributed by atoms with E-state index in [0.29, 0.717) is 6.61 Å². The number of hydrogen-bond donors (Lipinski definition) is 1. The Kier molecular flexibility index (Phi) is 4.76. The van der Waals surface area contributed by atoms with E-state index in [1.807, 2.05) is 0 Å². The number of carbonyl (C=O) groups is 1. The van der Waals surface area contributed by atoms with Crippen LogP contribution >= 0.6 is 0 Å². The van der Waals surface area contributed by atoms with Crippen molar-refractivity contribution in [3.63, 3.8) is 0 Å². The largest absolute Gasteiger partial charge is 0.493 e. The van der Waals surface area contributed by atoms with Crippen LogP contribution < -0.4 is 4.74 Å². The Labute approximate surface area is 93.9 Å². The average Bonchev–Trinajstić information content (AvgIpc) is 2.23. The number of carboxylic acid groups (broad SMARTS) is 1. The highest BCUT2D eigenvalue weighted by Gasteiger charge is 2.07. The Bertz CT molecular complexity index is 363. The number of unbranched alkanes of at least 4 members (excludes halogenated alkanes) is 2. The molecule has 0 saturated carbocycles. The number of halogens is 1. The van der Waals surface area contributed by atoms with Crippen molar-refractivity contribution in [2.24, 2.45) is 0 Å². The summed E-state index contributed by atoms with van der Waals surface area (Å²) < 4.78 is 18.3. The lowest BCUT2D eigenvalue weighted by Gasteiger charge is -2.06. The number of ether oxygens (including phenoxy) is 1. The molecule has 0 aromatic heterocycles. The molecule has 88 valence electrons. The molecule has 0 spiro atoms. The maximum atomic E-state index is 13.0. The molecule has 0 amide bonds.